The molecule has 2 N–H and O–H groups in total. The van der Waals surface area contributed by atoms with Crippen molar-refractivity contribution < 1.29 is 27.3 Å². The van der Waals surface area contributed by atoms with Crippen LogP contribution < -0.4 is 0 Å². The number of nitrogens with zero attached hydrogens (tertiary/aromatic N) is 16. The van der Waals surface area contributed by atoms with Gasteiger partial charge in [0.1, 0.15) is 11.6 Å². The second-order valence-electron chi connectivity index (χ2n) is 18.2. The van der Waals surface area contributed by atoms with E-state index >= 15 is 0 Å². The van der Waals surface area contributed by atoms with Crippen LogP contribution in [0.25, 0.3) is 16.5 Å². The van der Waals surface area contributed by atoms with E-state index in [2.05, 4.69) is 61.7 Å². The van der Waals surface area contributed by atoms with E-state index in [4.69, 9.17) is 6.57 Å². The van der Waals surface area contributed by atoms with Gasteiger partial charge in [0.05, 0.1) is 29.3 Å². The minimum Gasteiger partial charge on any atom is -0.492 e. The molecule has 0 amide bonds. The van der Waals surface area contributed by atoms with Crippen molar-refractivity contribution in [3.05, 3.63) is 88.5 Å². The fourth-order valence-corrected chi connectivity index (χ4v) is 5.90. The molecule has 18 nitrogen and oxygen atoms in total. The Hall–Kier alpha value is -6.56. The van der Waals surface area contributed by atoms with E-state index in [-0.39, 0.29) is 73.5 Å². The van der Waals surface area contributed by atoms with Crippen molar-refractivity contribution in [2.45, 2.75) is 105 Å². The normalized spacial score (nSPS) is 12.3. The topological polar surface area (TPSA) is 215 Å². The number of hydrogen-bond donors (Lipinski definition) is 2. The Morgan fingerprint density at radius 1 is 0.590 bits per heavy atom. The van der Waals surface area contributed by atoms with Crippen LogP contribution in [-0.4, -0.2) is 59.3 Å². The van der Waals surface area contributed by atoms with Crippen LogP contribution in [0.15, 0.2) is 69.2 Å². The van der Waals surface area contributed by atoms with Crippen LogP contribution in [-0.2, 0) is 52.8 Å². The van der Waals surface area contributed by atoms with Gasteiger partial charge in [0, 0.05) is 59.8 Å². The number of aromatic nitrogens is 10. The quantitative estimate of drug-likeness (QED) is 0.0924. The summed E-state index contributed by atoms with van der Waals surface area (Å²) in [6.07, 6.45) is 3.29. The number of aryl methyl sites for hydroxylation is 2. The van der Waals surface area contributed by atoms with E-state index in [0.29, 0.717) is 45.7 Å². The Labute approximate surface area is 366 Å². The van der Waals surface area contributed by atoms with E-state index < -0.39 is 0 Å². The SMILES string of the molecule is Cn1nc(C(C)(C)C)c(N=Nc2c(C#N)c(C(C)(C)C)nn2-c2ccccn2)c1O.[C-]#[N+]c1c(C(C)(C)C)nn(-c2ccccn2)c1N=Nc1c(C(C)(C)C)nn(C)c1O.[Fe]. The third kappa shape index (κ3) is 9.91. The molecular formula is C42H52FeN16O2. The maximum atomic E-state index is 10.5. The van der Waals surface area contributed by atoms with Crippen molar-refractivity contribution in [1.29, 1.82) is 5.26 Å². The molecule has 0 aliphatic rings. The van der Waals surface area contributed by atoms with Gasteiger partial charge in [0.25, 0.3) is 5.69 Å². The first kappa shape index (κ1) is 47.1. The van der Waals surface area contributed by atoms with Gasteiger partial charge in [-0.2, -0.15) is 30.3 Å². The molecule has 6 aromatic heterocycles. The van der Waals surface area contributed by atoms with Crippen LogP contribution in [0.3, 0.4) is 0 Å². The van der Waals surface area contributed by atoms with Crippen LogP contribution in [0, 0.1) is 17.9 Å². The molecule has 61 heavy (non-hydrogen) atoms. The third-order valence-electron chi connectivity index (χ3n) is 8.97. The summed E-state index contributed by atoms with van der Waals surface area (Å²) in [6, 6.07) is 13.1. The monoisotopic (exact) mass is 868 g/mol. The molecule has 19 heteroatoms. The standard InChI is InChI=1S/2C21H26N8O.Fe/c1-20(2,3)16-14(22-7)18(29(27-16)13-11-9-10-12-23-13)25-24-15-17(21(4,5)6)26-28(8)19(15)30;1-20(2,3)16-13(12-22)18(29(27-16)14-10-8-9-11-23-14)25-24-15-17(21(4,5)6)26-28(7)19(15)30;/h9-12,30H,1-6,8H3;8-11,30H,1-7H3;. The van der Waals surface area contributed by atoms with Crippen LogP contribution in [0.4, 0.5) is 28.7 Å². The molecule has 0 aromatic carbocycles. The zero-order chi connectivity index (χ0) is 44.5. The Balaban J connectivity index is 0.000000264. The zero-order valence-electron chi connectivity index (χ0n) is 37.0. The first-order chi connectivity index (χ1) is 27.9. The molecule has 0 atom stereocenters. The third-order valence-corrected chi connectivity index (χ3v) is 8.97. The number of rotatable bonds is 6. The smallest absolute Gasteiger partial charge is 0.255 e. The summed E-state index contributed by atoms with van der Waals surface area (Å²) in [5, 5.41) is 66.1. The fraction of sp³-hybridized carbons (Fsp3) is 0.429. The minimum atomic E-state index is -0.387. The molecule has 6 aromatic rings. The van der Waals surface area contributed by atoms with Gasteiger partial charge in [-0.3, -0.25) is 0 Å². The molecule has 0 unspecified atom stereocenters. The maximum Gasteiger partial charge on any atom is 0.255 e. The van der Waals surface area contributed by atoms with Gasteiger partial charge in [-0.25, -0.2) is 28.9 Å². The number of azo groups is 2. The molecular weight excluding hydrogens is 816 g/mol. The molecule has 6 rings (SSSR count). The van der Waals surface area contributed by atoms with Gasteiger partial charge >= 0.3 is 0 Å². The zero-order valence-corrected chi connectivity index (χ0v) is 38.1. The molecule has 0 saturated heterocycles. The number of pyridine rings is 2. The van der Waals surface area contributed by atoms with Crippen molar-refractivity contribution in [1.82, 2.24) is 49.1 Å². The van der Waals surface area contributed by atoms with Gasteiger partial charge in [-0.05, 0) is 29.7 Å². The summed E-state index contributed by atoms with van der Waals surface area (Å²) in [7, 11) is 3.28. The first-order valence-corrected chi connectivity index (χ1v) is 19.1. The molecule has 6 heterocycles. The summed E-state index contributed by atoms with van der Waals surface area (Å²) < 4.78 is 5.74. The Kier molecular flexibility index (Phi) is 13.6. The van der Waals surface area contributed by atoms with E-state index in [1.54, 1.807) is 50.8 Å². The van der Waals surface area contributed by atoms with Crippen LogP contribution in [0.5, 0.6) is 11.8 Å². The molecule has 0 saturated carbocycles. The van der Waals surface area contributed by atoms with Gasteiger partial charge in [-0.15, -0.1) is 20.5 Å². The van der Waals surface area contributed by atoms with E-state index in [1.165, 1.54) is 18.7 Å². The molecule has 320 valence electrons. The van der Waals surface area contributed by atoms with Crippen molar-refractivity contribution in [3.8, 4) is 29.5 Å². The van der Waals surface area contributed by atoms with Crippen LogP contribution in [0.1, 0.15) is 111 Å². The Morgan fingerprint density at radius 2 is 0.984 bits per heavy atom. The molecule has 0 bridgehead atoms. The summed E-state index contributed by atoms with van der Waals surface area (Å²) in [5.41, 5.74) is 2.08. The van der Waals surface area contributed by atoms with Crippen molar-refractivity contribution in [3.63, 3.8) is 0 Å². The summed E-state index contributed by atoms with van der Waals surface area (Å²) >= 11 is 0. The molecule has 0 aliphatic heterocycles. The van der Waals surface area contributed by atoms with Crippen molar-refractivity contribution in [2.24, 2.45) is 34.6 Å². The van der Waals surface area contributed by atoms with Gasteiger partial charge in [-0.1, -0.05) is 95.2 Å². The molecule has 0 spiro atoms. The summed E-state index contributed by atoms with van der Waals surface area (Å²) in [6.45, 7) is 31.5. The van der Waals surface area contributed by atoms with E-state index in [0.717, 1.165) is 0 Å². The van der Waals surface area contributed by atoms with Gasteiger partial charge in [0.15, 0.2) is 34.6 Å². The van der Waals surface area contributed by atoms with Crippen LogP contribution in [0.2, 0.25) is 0 Å². The average Bonchev–Trinajstić information content (AvgIpc) is 3.91. The van der Waals surface area contributed by atoms with E-state index in [9.17, 15) is 15.5 Å². The summed E-state index contributed by atoms with van der Waals surface area (Å²) in [4.78, 5) is 12.4. The largest absolute Gasteiger partial charge is 0.492 e. The van der Waals surface area contributed by atoms with E-state index in [1.807, 2.05) is 95.2 Å². The fourth-order valence-electron chi connectivity index (χ4n) is 5.90. The average molecular weight is 869 g/mol. The predicted octanol–water partition coefficient (Wildman–Crippen LogP) is 9.85. The summed E-state index contributed by atoms with van der Waals surface area (Å²) in [5.74, 6) is 1.37. The maximum absolute atomic E-state index is 10.5. The first-order valence-electron chi connectivity index (χ1n) is 19.1. The second kappa shape index (κ2) is 17.6. The molecule has 0 radical (unpaired) electrons. The Morgan fingerprint density at radius 3 is 1.34 bits per heavy atom. The number of nitriles is 1. The molecule has 0 aliphatic carbocycles. The molecule has 0 fully saturated rings. The van der Waals surface area contributed by atoms with Gasteiger partial charge in [0.2, 0.25) is 11.8 Å². The number of aromatic hydroxyl groups is 2. The Bertz CT molecular complexity index is 2460. The van der Waals surface area contributed by atoms with Crippen molar-refractivity contribution in [2.75, 3.05) is 0 Å². The van der Waals surface area contributed by atoms with Crippen molar-refractivity contribution >= 4 is 28.7 Å². The minimum absolute atomic E-state index is 0. The van der Waals surface area contributed by atoms with Gasteiger partial charge < -0.3 is 10.2 Å². The van der Waals surface area contributed by atoms with Crippen LogP contribution >= 0.6 is 0 Å². The predicted molar refractivity (Wildman–Crippen MR) is 227 cm³/mol. The second-order valence-corrected chi connectivity index (χ2v) is 18.2. The number of hydrogen-bond acceptors (Lipinski definition) is 13.